The fourth-order valence-corrected chi connectivity index (χ4v) is 2.74. The van der Waals surface area contributed by atoms with Crippen LogP contribution >= 0.6 is 0 Å². The first-order chi connectivity index (χ1) is 12.0. The Morgan fingerprint density at radius 1 is 1.35 bits per heavy atom. The second-order valence-electron chi connectivity index (χ2n) is 7.27. The molecule has 0 aliphatic rings. The van der Waals surface area contributed by atoms with Gasteiger partial charge in [-0.25, -0.2) is 19.1 Å². The number of benzene rings is 1. The van der Waals surface area contributed by atoms with Crippen molar-refractivity contribution in [2.24, 2.45) is 0 Å². The number of ether oxygens (including phenoxy) is 1. The lowest BCUT2D eigenvalue weighted by molar-refractivity contribution is 0.0486. The largest absolute Gasteiger partial charge is 0.444 e. The third-order valence-electron chi connectivity index (χ3n) is 4.08. The highest BCUT2D eigenvalue weighted by atomic mass is 19.1. The van der Waals surface area contributed by atoms with Gasteiger partial charge < -0.3 is 14.5 Å². The number of aromatic amines is 1. The minimum Gasteiger partial charge on any atom is -0.444 e. The Kier molecular flexibility index (Phi) is 5.53. The molecule has 1 heterocycles. The molecule has 0 saturated heterocycles. The third kappa shape index (κ3) is 4.50. The van der Waals surface area contributed by atoms with Gasteiger partial charge in [0.25, 0.3) is 0 Å². The molecule has 0 spiro atoms. The van der Waals surface area contributed by atoms with Gasteiger partial charge in [0, 0.05) is 5.92 Å². The minimum absolute atomic E-state index is 0.0475. The van der Waals surface area contributed by atoms with Crippen LogP contribution in [0, 0.1) is 19.7 Å². The summed E-state index contributed by atoms with van der Waals surface area (Å²) in [6, 6.07) is 2.17. The average Bonchev–Trinajstić information content (AvgIpc) is 2.93. The molecule has 0 aliphatic carbocycles. The lowest BCUT2D eigenvalue weighted by atomic mass is 9.87. The molecule has 2 rings (SSSR count). The lowest BCUT2D eigenvalue weighted by Gasteiger charge is -2.27. The number of hydrogen-bond acceptors (Lipinski definition) is 5. The third-order valence-corrected chi connectivity index (χ3v) is 4.08. The molecule has 8 heteroatoms. The molecule has 1 aromatic carbocycles. The van der Waals surface area contributed by atoms with Crippen LogP contribution in [0.25, 0.3) is 0 Å². The molecule has 2 atom stereocenters. The Morgan fingerprint density at radius 3 is 2.54 bits per heavy atom. The van der Waals surface area contributed by atoms with Crippen molar-refractivity contribution in [2.75, 3.05) is 0 Å². The second-order valence-corrected chi connectivity index (χ2v) is 7.27. The summed E-state index contributed by atoms with van der Waals surface area (Å²) >= 11 is 0. The standard InChI is InChI=1S/C18H24FN3O4/c1-9-7-8-12(19)13(10(9)2)11(3)14(15-21-22-17(24)25-15)20-16(23)26-18(4,5)6/h7-8,11,14H,1-6H3,(H,20,23)(H,22,24)/t11-,14+/m1/s1. The summed E-state index contributed by atoms with van der Waals surface area (Å²) < 4.78 is 24.8. The van der Waals surface area contributed by atoms with E-state index < -0.39 is 35.2 Å². The maximum absolute atomic E-state index is 14.5. The van der Waals surface area contributed by atoms with E-state index in [1.54, 1.807) is 40.7 Å². The van der Waals surface area contributed by atoms with E-state index in [2.05, 4.69) is 15.5 Å². The second kappa shape index (κ2) is 7.31. The van der Waals surface area contributed by atoms with Crippen molar-refractivity contribution >= 4 is 6.09 Å². The number of carbonyl (C=O) groups excluding carboxylic acids is 1. The van der Waals surface area contributed by atoms with Gasteiger partial charge in [-0.1, -0.05) is 13.0 Å². The van der Waals surface area contributed by atoms with E-state index in [1.807, 2.05) is 6.92 Å². The topological polar surface area (TPSA) is 97.2 Å². The number of amides is 1. The fourth-order valence-electron chi connectivity index (χ4n) is 2.74. The zero-order valence-electron chi connectivity index (χ0n) is 15.8. The van der Waals surface area contributed by atoms with E-state index in [1.165, 1.54) is 6.07 Å². The Morgan fingerprint density at radius 2 is 2.00 bits per heavy atom. The number of nitrogens with zero attached hydrogens (tertiary/aromatic N) is 1. The van der Waals surface area contributed by atoms with Gasteiger partial charge in [0.15, 0.2) is 0 Å². The summed E-state index contributed by atoms with van der Waals surface area (Å²) in [5.74, 6) is -1.78. The number of nitrogens with one attached hydrogen (secondary N) is 2. The summed E-state index contributed by atoms with van der Waals surface area (Å²) in [4.78, 5) is 23.6. The fraction of sp³-hybridized carbons (Fsp3) is 0.500. The normalized spacial score (nSPS) is 14.0. The van der Waals surface area contributed by atoms with Crippen LogP contribution in [0.1, 0.15) is 62.2 Å². The highest BCUT2D eigenvalue weighted by molar-refractivity contribution is 5.68. The molecule has 0 radical (unpaired) electrons. The van der Waals surface area contributed by atoms with Gasteiger partial charge >= 0.3 is 11.8 Å². The summed E-state index contributed by atoms with van der Waals surface area (Å²) in [6.45, 7) is 10.6. The molecule has 7 nitrogen and oxygen atoms in total. The summed E-state index contributed by atoms with van der Waals surface area (Å²) in [5.41, 5.74) is 1.37. The zero-order chi connectivity index (χ0) is 19.6. The number of rotatable bonds is 4. The highest BCUT2D eigenvalue weighted by Gasteiger charge is 2.32. The van der Waals surface area contributed by atoms with Crippen LogP contribution in [0.2, 0.25) is 0 Å². The maximum Gasteiger partial charge on any atom is 0.434 e. The number of halogens is 1. The molecule has 2 aromatic rings. The molecular formula is C18H24FN3O4. The van der Waals surface area contributed by atoms with Crippen LogP contribution in [-0.4, -0.2) is 21.9 Å². The summed E-state index contributed by atoms with van der Waals surface area (Å²) in [5, 5.41) is 8.59. The molecule has 1 aromatic heterocycles. The molecule has 2 N–H and O–H groups in total. The van der Waals surface area contributed by atoms with Crippen LogP contribution < -0.4 is 11.1 Å². The van der Waals surface area contributed by atoms with Gasteiger partial charge in [-0.05, 0) is 57.4 Å². The van der Waals surface area contributed by atoms with Crippen molar-refractivity contribution in [3.8, 4) is 0 Å². The quantitative estimate of drug-likeness (QED) is 0.864. The number of carbonyl (C=O) groups is 1. The zero-order valence-corrected chi connectivity index (χ0v) is 15.8. The van der Waals surface area contributed by atoms with Gasteiger partial charge in [-0.3, -0.25) is 0 Å². The van der Waals surface area contributed by atoms with Gasteiger partial charge in [0.2, 0.25) is 5.89 Å². The maximum atomic E-state index is 14.5. The van der Waals surface area contributed by atoms with Crippen molar-refractivity contribution in [3.05, 3.63) is 51.1 Å². The van der Waals surface area contributed by atoms with Crippen molar-refractivity contribution in [1.82, 2.24) is 15.5 Å². The van der Waals surface area contributed by atoms with Crippen molar-refractivity contribution < 1.29 is 18.3 Å². The van der Waals surface area contributed by atoms with E-state index in [9.17, 15) is 14.0 Å². The Labute approximate surface area is 150 Å². The van der Waals surface area contributed by atoms with E-state index in [-0.39, 0.29) is 5.89 Å². The predicted octanol–water partition coefficient (Wildman–Crippen LogP) is 3.49. The van der Waals surface area contributed by atoms with Gasteiger partial charge in [0.1, 0.15) is 17.5 Å². The predicted molar refractivity (Wildman–Crippen MR) is 93.5 cm³/mol. The Bertz CT molecular complexity index is 851. The molecule has 142 valence electrons. The molecule has 0 saturated carbocycles. The van der Waals surface area contributed by atoms with Gasteiger partial charge in [-0.15, -0.1) is 5.10 Å². The number of alkyl carbamates (subject to hydrolysis) is 1. The molecule has 1 amide bonds. The average molecular weight is 365 g/mol. The molecule has 0 unspecified atom stereocenters. The number of hydrogen-bond donors (Lipinski definition) is 2. The van der Waals surface area contributed by atoms with Crippen LogP contribution in [0.3, 0.4) is 0 Å². The Hall–Kier alpha value is -2.64. The van der Waals surface area contributed by atoms with Crippen molar-refractivity contribution in [3.63, 3.8) is 0 Å². The van der Waals surface area contributed by atoms with Crippen LogP contribution in [0.15, 0.2) is 21.3 Å². The lowest BCUT2D eigenvalue weighted by Crippen LogP contribution is -2.37. The number of aryl methyl sites for hydroxylation is 1. The summed E-state index contributed by atoms with van der Waals surface area (Å²) in [7, 11) is 0. The molecular weight excluding hydrogens is 341 g/mol. The number of H-pyrrole nitrogens is 1. The highest BCUT2D eigenvalue weighted by Crippen LogP contribution is 2.34. The van der Waals surface area contributed by atoms with Gasteiger partial charge in [0.05, 0.1) is 0 Å². The number of aromatic nitrogens is 2. The van der Waals surface area contributed by atoms with Crippen LogP contribution in [0.4, 0.5) is 9.18 Å². The molecule has 0 aliphatic heterocycles. The van der Waals surface area contributed by atoms with E-state index in [0.717, 1.165) is 11.1 Å². The van der Waals surface area contributed by atoms with E-state index in [0.29, 0.717) is 5.56 Å². The van der Waals surface area contributed by atoms with Crippen molar-refractivity contribution in [1.29, 1.82) is 0 Å². The molecule has 26 heavy (non-hydrogen) atoms. The first-order valence-corrected chi connectivity index (χ1v) is 8.30. The van der Waals surface area contributed by atoms with Crippen LogP contribution in [-0.2, 0) is 4.74 Å². The minimum atomic E-state index is -0.890. The van der Waals surface area contributed by atoms with E-state index in [4.69, 9.17) is 9.15 Å². The monoisotopic (exact) mass is 365 g/mol. The molecule has 0 fully saturated rings. The first kappa shape index (κ1) is 19.7. The van der Waals surface area contributed by atoms with Gasteiger partial charge in [-0.2, -0.15) is 0 Å². The first-order valence-electron chi connectivity index (χ1n) is 8.30. The SMILES string of the molecule is Cc1ccc(F)c([C@@H](C)[C@H](NC(=O)OC(C)(C)C)c2n[nH]c(=O)o2)c1C. The smallest absolute Gasteiger partial charge is 0.434 e. The Balaban J connectivity index is 2.43. The summed E-state index contributed by atoms with van der Waals surface area (Å²) in [6.07, 6.45) is -0.717. The van der Waals surface area contributed by atoms with Crippen molar-refractivity contribution in [2.45, 2.75) is 59.1 Å². The molecule has 0 bridgehead atoms. The van der Waals surface area contributed by atoms with E-state index >= 15 is 0 Å². The van der Waals surface area contributed by atoms with Crippen LogP contribution in [0.5, 0.6) is 0 Å².